The Balaban J connectivity index is 1.78. The van der Waals surface area contributed by atoms with Gasteiger partial charge < -0.3 is 15.0 Å². The molecule has 23 heavy (non-hydrogen) atoms. The smallest absolute Gasteiger partial charge is 0.262 e. The molecular weight excluding hydrogens is 314 g/mol. The second-order valence-electron chi connectivity index (χ2n) is 5.48. The van der Waals surface area contributed by atoms with Crippen molar-refractivity contribution in [1.82, 2.24) is 9.88 Å². The molecule has 0 aliphatic carbocycles. The number of anilines is 1. The van der Waals surface area contributed by atoms with Crippen LogP contribution in [0.15, 0.2) is 29.8 Å². The van der Waals surface area contributed by atoms with Crippen LogP contribution in [0.2, 0.25) is 0 Å². The molecule has 0 saturated carbocycles. The molecule has 0 spiro atoms. The summed E-state index contributed by atoms with van der Waals surface area (Å²) < 4.78 is 5.45. The molecule has 0 fully saturated rings. The Kier molecular flexibility index (Phi) is 4.29. The van der Waals surface area contributed by atoms with Crippen LogP contribution in [0.1, 0.15) is 28.2 Å². The highest BCUT2D eigenvalue weighted by molar-refractivity contribution is 7.09. The van der Waals surface area contributed by atoms with Crippen LogP contribution in [-0.2, 0) is 4.79 Å². The summed E-state index contributed by atoms with van der Waals surface area (Å²) in [6, 6.07) is 5.17. The molecule has 2 aromatic rings. The second-order valence-corrected chi connectivity index (χ2v) is 6.40. The summed E-state index contributed by atoms with van der Waals surface area (Å²) in [6.07, 6.45) is 1.77. The number of para-hydroxylation sites is 1. The summed E-state index contributed by atoms with van der Waals surface area (Å²) in [7, 11) is 1.76. The summed E-state index contributed by atoms with van der Waals surface area (Å²) >= 11 is 1.58. The van der Waals surface area contributed by atoms with Gasteiger partial charge in [0.1, 0.15) is 0 Å². The van der Waals surface area contributed by atoms with Crippen LogP contribution in [0.4, 0.5) is 5.69 Å². The Morgan fingerprint density at radius 3 is 3.09 bits per heavy atom. The predicted octanol–water partition coefficient (Wildman–Crippen LogP) is 2.35. The van der Waals surface area contributed by atoms with Crippen molar-refractivity contribution in [3.8, 4) is 5.75 Å². The predicted molar refractivity (Wildman–Crippen MR) is 88.1 cm³/mol. The van der Waals surface area contributed by atoms with E-state index in [-0.39, 0.29) is 24.3 Å². The van der Waals surface area contributed by atoms with Crippen molar-refractivity contribution in [2.75, 3.05) is 25.5 Å². The van der Waals surface area contributed by atoms with Crippen LogP contribution in [0.5, 0.6) is 5.75 Å². The maximum atomic E-state index is 12.7. The highest BCUT2D eigenvalue weighted by Gasteiger charge is 2.25. The molecule has 7 heteroatoms. The van der Waals surface area contributed by atoms with Gasteiger partial charge in [-0.1, -0.05) is 13.0 Å². The molecule has 0 saturated heterocycles. The fourth-order valence-electron chi connectivity index (χ4n) is 2.54. The Hall–Kier alpha value is -2.41. The van der Waals surface area contributed by atoms with Crippen LogP contribution in [0, 0.1) is 0 Å². The lowest BCUT2D eigenvalue weighted by Crippen LogP contribution is -2.32. The zero-order chi connectivity index (χ0) is 16.4. The molecule has 1 aromatic carbocycles. The Bertz CT molecular complexity index is 730. The van der Waals surface area contributed by atoms with E-state index in [1.54, 1.807) is 47.7 Å². The average molecular weight is 331 g/mol. The van der Waals surface area contributed by atoms with Crippen molar-refractivity contribution in [2.24, 2.45) is 0 Å². The van der Waals surface area contributed by atoms with Crippen LogP contribution in [0.3, 0.4) is 0 Å². The zero-order valence-electron chi connectivity index (χ0n) is 12.9. The molecule has 1 aliphatic rings. The topological polar surface area (TPSA) is 71.5 Å². The SMILES string of the molecule is CC(CN(C)C(=O)c1cccc2c1OCC(=O)N2)c1nccs1. The number of fused-ring (bicyclic) bond motifs is 1. The molecule has 1 unspecified atom stereocenters. The standard InChI is InChI=1S/C16H17N3O3S/c1-10(15-17-6-7-23-15)8-19(2)16(21)11-4-3-5-12-14(11)22-9-13(20)18-12/h3-7,10H,8-9H2,1-2H3,(H,18,20). The summed E-state index contributed by atoms with van der Waals surface area (Å²) in [5, 5.41) is 5.65. The number of hydrogen-bond donors (Lipinski definition) is 1. The Morgan fingerprint density at radius 2 is 2.35 bits per heavy atom. The van der Waals surface area contributed by atoms with Crippen LogP contribution in [0.25, 0.3) is 0 Å². The lowest BCUT2D eigenvalue weighted by molar-refractivity contribution is -0.118. The molecule has 3 rings (SSSR count). The fraction of sp³-hybridized carbons (Fsp3) is 0.312. The number of likely N-dealkylation sites (N-methyl/N-ethyl adjacent to an activating group) is 1. The molecule has 2 heterocycles. The molecule has 120 valence electrons. The van der Waals surface area contributed by atoms with Crippen LogP contribution < -0.4 is 10.1 Å². The monoisotopic (exact) mass is 331 g/mol. The van der Waals surface area contributed by atoms with E-state index in [2.05, 4.69) is 10.3 Å². The van der Waals surface area contributed by atoms with Crippen molar-refractivity contribution < 1.29 is 14.3 Å². The van der Waals surface area contributed by atoms with E-state index in [0.29, 0.717) is 23.5 Å². The number of amides is 2. The van der Waals surface area contributed by atoms with Gasteiger partial charge in [-0.05, 0) is 12.1 Å². The number of benzene rings is 1. The molecule has 1 aromatic heterocycles. The number of aromatic nitrogens is 1. The first-order valence-corrected chi connectivity index (χ1v) is 8.14. The summed E-state index contributed by atoms with van der Waals surface area (Å²) in [6.45, 7) is 2.53. The zero-order valence-corrected chi connectivity index (χ0v) is 13.7. The maximum Gasteiger partial charge on any atom is 0.262 e. The van der Waals surface area contributed by atoms with Gasteiger partial charge in [-0.3, -0.25) is 9.59 Å². The molecule has 1 atom stereocenters. The average Bonchev–Trinajstić information content (AvgIpc) is 3.07. The van der Waals surface area contributed by atoms with E-state index in [9.17, 15) is 9.59 Å². The molecule has 1 aliphatic heterocycles. The number of hydrogen-bond acceptors (Lipinski definition) is 5. The van der Waals surface area contributed by atoms with Crippen molar-refractivity contribution in [3.63, 3.8) is 0 Å². The van der Waals surface area contributed by atoms with Crippen LogP contribution >= 0.6 is 11.3 Å². The summed E-state index contributed by atoms with van der Waals surface area (Å²) in [4.78, 5) is 30.0. The third-order valence-corrected chi connectivity index (χ3v) is 4.64. The van der Waals surface area contributed by atoms with Gasteiger partial charge in [0, 0.05) is 31.1 Å². The van der Waals surface area contributed by atoms with E-state index in [0.717, 1.165) is 5.01 Å². The molecule has 1 N–H and O–H groups in total. The van der Waals surface area contributed by atoms with E-state index in [4.69, 9.17) is 4.74 Å². The minimum absolute atomic E-state index is 0.0729. The number of rotatable bonds is 4. The number of carbonyl (C=O) groups is 2. The van der Waals surface area contributed by atoms with Gasteiger partial charge in [-0.25, -0.2) is 4.98 Å². The first-order chi connectivity index (χ1) is 11.1. The third-order valence-electron chi connectivity index (χ3n) is 3.63. The molecule has 0 radical (unpaired) electrons. The number of carbonyl (C=O) groups excluding carboxylic acids is 2. The van der Waals surface area contributed by atoms with Crippen molar-refractivity contribution in [3.05, 3.63) is 40.3 Å². The first kappa shape index (κ1) is 15.5. The molecule has 0 bridgehead atoms. The third kappa shape index (κ3) is 3.19. The Labute approximate surface area is 138 Å². The molecular formula is C16H17N3O3S. The summed E-state index contributed by atoms with van der Waals surface area (Å²) in [5.41, 5.74) is 0.991. The number of thiazole rings is 1. The second kappa shape index (κ2) is 6.37. The van der Waals surface area contributed by atoms with E-state index < -0.39 is 0 Å². The van der Waals surface area contributed by atoms with Gasteiger partial charge in [0.2, 0.25) is 0 Å². The van der Waals surface area contributed by atoms with E-state index in [1.165, 1.54) is 0 Å². The maximum absolute atomic E-state index is 12.7. The summed E-state index contributed by atoms with van der Waals surface area (Å²) in [5.74, 6) is 0.240. The van der Waals surface area contributed by atoms with Gasteiger partial charge in [-0.15, -0.1) is 11.3 Å². The number of nitrogens with one attached hydrogen (secondary N) is 1. The lowest BCUT2D eigenvalue weighted by Gasteiger charge is -2.24. The largest absolute Gasteiger partial charge is 0.481 e. The number of nitrogens with zero attached hydrogens (tertiary/aromatic N) is 2. The number of ether oxygens (including phenoxy) is 1. The first-order valence-electron chi connectivity index (χ1n) is 7.26. The van der Waals surface area contributed by atoms with E-state index >= 15 is 0 Å². The van der Waals surface area contributed by atoms with E-state index in [1.807, 2.05) is 12.3 Å². The molecule has 2 amide bonds. The van der Waals surface area contributed by atoms with Gasteiger partial charge in [0.05, 0.1) is 16.3 Å². The van der Waals surface area contributed by atoms with Gasteiger partial charge in [0.25, 0.3) is 11.8 Å². The highest BCUT2D eigenvalue weighted by Crippen LogP contribution is 2.32. The van der Waals surface area contributed by atoms with Gasteiger partial charge in [-0.2, -0.15) is 0 Å². The van der Waals surface area contributed by atoms with Crippen molar-refractivity contribution in [2.45, 2.75) is 12.8 Å². The van der Waals surface area contributed by atoms with Crippen molar-refractivity contribution >= 4 is 28.8 Å². The fourth-order valence-corrected chi connectivity index (χ4v) is 3.23. The Morgan fingerprint density at radius 1 is 1.52 bits per heavy atom. The normalized spacial score (nSPS) is 14.4. The van der Waals surface area contributed by atoms with Crippen LogP contribution in [-0.4, -0.2) is 41.9 Å². The molecule has 6 nitrogen and oxygen atoms in total. The quantitative estimate of drug-likeness (QED) is 0.933. The van der Waals surface area contributed by atoms with Gasteiger partial charge in [0.15, 0.2) is 12.4 Å². The van der Waals surface area contributed by atoms with Gasteiger partial charge >= 0.3 is 0 Å². The van der Waals surface area contributed by atoms with Crippen molar-refractivity contribution in [1.29, 1.82) is 0 Å². The highest BCUT2D eigenvalue weighted by atomic mass is 32.1. The lowest BCUT2D eigenvalue weighted by atomic mass is 10.1. The minimum atomic E-state index is -0.215. The minimum Gasteiger partial charge on any atom is -0.481 e.